The molecule has 0 unspecified atom stereocenters. The molecule has 134 valence electrons. The Balaban J connectivity index is 2.48. The van der Waals surface area contributed by atoms with E-state index in [0.717, 1.165) is 6.42 Å². The molecule has 0 aromatic heterocycles. The highest BCUT2D eigenvalue weighted by Gasteiger charge is 2.16. The summed E-state index contributed by atoms with van der Waals surface area (Å²) in [7, 11) is 0. The van der Waals surface area contributed by atoms with Crippen LogP contribution in [0.15, 0.2) is 12.1 Å². The summed E-state index contributed by atoms with van der Waals surface area (Å²) in [5, 5.41) is 5.41. The van der Waals surface area contributed by atoms with Crippen molar-refractivity contribution in [2.45, 2.75) is 59.3 Å². The van der Waals surface area contributed by atoms with Crippen molar-refractivity contribution < 1.29 is 9.59 Å². The summed E-state index contributed by atoms with van der Waals surface area (Å²) in [6, 6.07) is 3.94. The molecule has 0 aliphatic carbocycles. The van der Waals surface area contributed by atoms with Gasteiger partial charge < -0.3 is 16.4 Å². The van der Waals surface area contributed by atoms with Crippen LogP contribution in [-0.4, -0.2) is 25.0 Å². The summed E-state index contributed by atoms with van der Waals surface area (Å²) in [5.41, 5.74) is 10.3. The number of urea groups is 1. The van der Waals surface area contributed by atoms with E-state index in [0.29, 0.717) is 25.9 Å². The van der Waals surface area contributed by atoms with Crippen molar-refractivity contribution in [2.75, 3.05) is 13.1 Å². The first-order valence-corrected chi connectivity index (χ1v) is 8.52. The van der Waals surface area contributed by atoms with Crippen LogP contribution in [0.4, 0.5) is 4.79 Å². The smallest absolute Gasteiger partial charge is 0.312 e. The van der Waals surface area contributed by atoms with Crippen molar-refractivity contribution >= 4 is 11.9 Å². The molecule has 0 spiro atoms. The minimum absolute atomic E-state index is 0.00267. The standard InChI is InChI=1S/C19H31N3O2/c1-13-11-15(19(3,4)5)12-14(2)16(13)8-10-21-17(23)7-6-9-22-18(20)24/h11-12H,6-10H2,1-5H3,(H,21,23)(H3,20,22,24). The first-order valence-electron chi connectivity index (χ1n) is 8.52. The molecule has 0 heterocycles. The van der Waals surface area contributed by atoms with E-state index in [2.05, 4.69) is 57.4 Å². The fraction of sp³-hybridized carbons (Fsp3) is 0.579. The van der Waals surface area contributed by atoms with Crippen molar-refractivity contribution in [3.63, 3.8) is 0 Å². The van der Waals surface area contributed by atoms with Gasteiger partial charge in [-0.1, -0.05) is 32.9 Å². The molecule has 5 heteroatoms. The van der Waals surface area contributed by atoms with Crippen molar-refractivity contribution in [3.8, 4) is 0 Å². The number of nitrogens with one attached hydrogen (secondary N) is 2. The van der Waals surface area contributed by atoms with E-state index in [1.807, 2.05) is 0 Å². The Bertz CT molecular complexity index is 566. The zero-order valence-corrected chi connectivity index (χ0v) is 15.6. The second kappa shape index (κ2) is 8.71. The fourth-order valence-corrected chi connectivity index (χ4v) is 2.70. The maximum atomic E-state index is 11.8. The lowest BCUT2D eigenvalue weighted by Crippen LogP contribution is -2.31. The summed E-state index contributed by atoms with van der Waals surface area (Å²) in [6.07, 6.45) is 1.81. The largest absolute Gasteiger partial charge is 0.356 e. The zero-order valence-electron chi connectivity index (χ0n) is 15.6. The lowest BCUT2D eigenvalue weighted by atomic mass is 9.83. The third-order valence-corrected chi connectivity index (χ3v) is 4.14. The van der Waals surface area contributed by atoms with Crippen LogP contribution >= 0.6 is 0 Å². The van der Waals surface area contributed by atoms with Gasteiger partial charge in [-0.05, 0) is 54.4 Å². The first-order chi connectivity index (χ1) is 11.1. The number of hydrogen-bond acceptors (Lipinski definition) is 2. The molecule has 0 fully saturated rings. The van der Waals surface area contributed by atoms with Crippen molar-refractivity contribution in [3.05, 3.63) is 34.4 Å². The highest BCUT2D eigenvalue weighted by molar-refractivity contribution is 5.76. The second-order valence-electron chi connectivity index (χ2n) is 7.33. The zero-order chi connectivity index (χ0) is 18.3. The molecular weight excluding hydrogens is 302 g/mol. The van der Waals surface area contributed by atoms with Gasteiger partial charge in [0.25, 0.3) is 0 Å². The van der Waals surface area contributed by atoms with Crippen LogP contribution in [0.1, 0.15) is 55.9 Å². The Morgan fingerprint density at radius 1 is 1.04 bits per heavy atom. The van der Waals surface area contributed by atoms with Gasteiger partial charge >= 0.3 is 6.03 Å². The molecule has 0 radical (unpaired) electrons. The van der Waals surface area contributed by atoms with Gasteiger partial charge in [0.05, 0.1) is 0 Å². The normalized spacial score (nSPS) is 11.2. The average Bonchev–Trinajstić information content (AvgIpc) is 2.45. The molecule has 5 nitrogen and oxygen atoms in total. The fourth-order valence-electron chi connectivity index (χ4n) is 2.70. The van der Waals surface area contributed by atoms with Crippen LogP contribution in [-0.2, 0) is 16.6 Å². The van der Waals surface area contributed by atoms with E-state index < -0.39 is 6.03 Å². The number of carbonyl (C=O) groups is 2. The van der Waals surface area contributed by atoms with Gasteiger partial charge in [-0.3, -0.25) is 4.79 Å². The lowest BCUT2D eigenvalue weighted by molar-refractivity contribution is -0.121. The predicted octanol–water partition coefficient (Wildman–Crippen LogP) is 2.71. The van der Waals surface area contributed by atoms with E-state index in [4.69, 9.17) is 5.73 Å². The molecule has 1 aromatic rings. The summed E-state index contributed by atoms with van der Waals surface area (Å²) in [5.74, 6) is 0.00267. The molecular formula is C19H31N3O2. The SMILES string of the molecule is Cc1cc(C(C)(C)C)cc(C)c1CCNC(=O)CCCNC(N)=O. The third-order valence-electron chi connectivity index (χ3n) is 4.14. The van der Waals surface area contributed by atoms with Crippen molar-refractivity contribution in [1.82, 2.24) is 10.6 Å². The van der Waals surface area contributed by atoms with Gasteiger partial charge in [-0.15, -0.1) is 0 Å². The third kappa shape index (κ3) is 6.60. The van der Waals surface area contributed by atoms with Crippen LogP contribution in [0.3, 0.4) is 0 Å². The van der Waals surface area contributed by atoms with Crippen LogP contribution in [0.2, 0.25) is 0 Å². The number of benzene rings is 1. The Morgan fingerprint density at radius 3 is 2.12 bits per heavy atom. The van der Waals surface area contributed by atoms with Crippen LogP contribution in [0.25, 0.3) is 0 Å². The number of nitrogens with two attached hydrogens (primary N) is 1. The van der Waals surface area contributed by atoms with Gasteiger partial charge in [0.1, 0.15) is 0 Å². The number of amides is 3. The first kappa shape index (κ1) is 20.0. The molecule has 24 heavy (non-hydrogen) atoms. The predicted molar refractivity (Wildman–Crippen MR) is 98.1 cm³/mol. The van der Waals surface area contributed by atoms with Crippen LogP contribution in [0.5, 0.6) is 0 Å². The van der Waals surface area contributed by atoms with E-state index in [1.54, 1.807) is 0 Å². The number of primary amides is 1. The summed E-state index contributed by atoms with van der Waals surface area (Å²) in [4.78, 5) is 22.3. The molecule has 1 rings (SSSR count). The Morgan fingerprint density at radius 2 is 1.62 bits per heavy atom. The van der Waals surface area contributed by atoms with Gasteiger partial charge in [0.15, 0.2) is 0 Å². The molecule has 0 atom stereocenters. The molecule has 4 N–H and O–H groups in total. The summed E-state index contributed by atoms with van der Waals surface area (Å²) < 4.78 is 0. The highest BCUT2D eigenvalue weighted by atomic mass is 16.2. The topological polar surface area (TPSA) is 84.2 Å². The number of rotatable bonds is 7. The maximum absolute atomic E-state index is 11.8. The Labute approximate surface area is 145 Å². The van der Waals surface area contributed by atoms with E-state index in [1.165, 1.54) is 22.3 Å². The quantitative estimate of drug-likeness (QED) is 0.670. The van der Waals surface area contributed by atoms with Crippen molar-refractivity contribution in [1.29, 1.82) is 0 Å². The second-order valence-corrected chi connectivity index (χ2v) is 7.33. The van der Waals surface area contributed by atoms with Gasteiger partial charge in [-0.2, -0.15) is 0 Å². The highest BCUT2D eigenvalue weighted by Crippen LogP contribution is 2.27. The Hall–Kier alpha value is -2.04. The summed E-state index contributed by atoms with van der Waals surface area (Å²) >= 11 is 0. The lowest BCUT2D eigenvalue weighted by Gasteiger charge is -2.22. The number of carbonyl (C=O) groups excluding carboxylic acids is 2. The van der Waals surface area contributed by atoms with Crippen LogP contribution in [0, 0.1) is 13.8 Å². The average molecular weight is 333 g/mol. The monoisotopic (exact) mass is 333 g/mol. The molecule has 0 saturated carbocycles. The van der Waals surface area contributed by atoms with Gasteiger partial charge in [0.2, 0.25) is 5.91 Å². The molecule has 0 bridgehead atoms. The maximum Gasteiger partial charge on any atom is 0.312 e. The van der Waals surface area contributed by atoms with Gasteiger partial charge in [-0.25, -0.2) is 4.79 Å². The van der Waals surface area contributed by atoms with E-state index >= 15 is 0 Å². The molecule has 0 aliphatic heterocycles. The van der Waals surface area contributed by atoms with Crippen molar-refractivity contribution in [2.24, 2.45) is 5.73 Å². The molecule has 1 aromatic carbocycles. The summed E-state index contributed by atoms with van der Waals surface area (Å²) in [6.45, 7) is 12.0. The number of aryl methyl sites for hydroxylation is 2. The van der Waals surface area contributed by atoms with Gasteiger partial charge in [0, 0.05) is 19.5 Å². The molecule has 0 saturated heterocycles. The molecule has 0 aliphatic rings. The van der Waals surface area contributed by atoms with E-state index in [9.17, 15) is 9.59 Å². The minimum atomic E-state index is -0.555. The van der Waals surface area contributed by atoms with Crippen LogP contribution < -0.4 is 16.4 Å². The minimum Gasteiger partial charge on any atom is -0.356 e. The molecule has 3 amide bonds. The van der Waals surface area contributed by atoms with E-state index in [-0.39, 0.29) is 11.3 Å². The Kier molecular flexibility index (Phi) is 7.26. The number of hydrogen-bond donors (Lipinski definition) is 3.